The number of fused-ring (bicyclic) bond motifs is 3. The lowest BCUT2D eigenvalue weighted by Crippen LogP contribution is -2.37. The fourth-order valence-corrected chi connectivity index (χ4v) is 4.51. The van der Waals surface area contributed by atoms with Gasteiger partial charge < -0.3 is 5.11 Å². The Morgan fingerprint density at radius 2 is 1.59 bits per heavy atom. The standard InChI is InChI=1S/C23H25N3O3/c1-14(2)26-22(27)21(15(3)24(26)4)25(23(28)29)13-20-18-11-7-5-9-16(18)17-10-6-8-12-19(17)20/h5-12,14,20H,13H2,1-4H3,(H,28,29). The van der Waals surface area contributed by atoms with E-state index in [1.807, 2.05) is 50.2 Å². The summed E-state index contributed by atoms with van der Waals surface area (Å²) in [5, 5.41) is 10.0. The lowest BCUT2D eigenvalue weighted by atomic mass is 9.96. The molecule has 150 valence electrons. The Morgan fingerprint density at radius 1 is 1.07 bits per heavy atom. The third-order valence-electron chi connectivity index (χ3n) is 5.88. The van der Waals surface area contributed by atoms with Gasteiger partial charge in [-0.15, -0.1) is 0 Å². The van der Waals surface area contributed by atoms with Crippen molar-refractivity contribution in [2.75, 3.05) is 11.4 Å². The zero-order valence-electron chi connectivity index (χ0n) is 17.1. The fourth-order valence-electron chi connectivity index (χ4n) is 4.51. The van der Waals surface area contributed by atoms with Crippen LogP contribution in [0.15, 0.2) is 53.3 Å². The topological polar surface area (TPSA) is 67.5 Å². The van der Waals surface area contributed by atoms with Crippen LogP contribution in [0.4, 0.5) is 10.5 Å². The van der Waals surface area contributed by atoms with Crippen LogP contribution >= 0.6 is 0 Å². The van der Waals surface area contributed by atoms with E-state index in [1.165, 1.54) is 4.90 Å². The Balaban J connectivity index is 1.84. The third-order valence-corrected chi connectivity index (χ3v) is 5.88. The van der Waals surface area contributed by atoms with Gasteiger partial charge >= 0.3 is 6.09 Å². The van der Waals surface area contributed by atoms with Gasteiger partial charge in [-0.1, -0.05) is 48.5 Å². The quantitative estimate of drug-likeness (QED) is 0.718. The molecule has 6 heteroatoms. The van der Waals surface area contributed by atoms with Gasteiger partial charge in [0, 0.05) is 25.6 Å². The van der Waals surface area contributed by atoms with Crippen molar-refractivity contribution in [1.82, 2.24) is 9.36 Å². The Morgan fingerprint density at radius 3 is 2.03 bits per heavy atom. The maximum absolute atomic E-state index is 13.1. The highest BCUT2D eigenvalue weighted by atomic mass is 16.4. The summed E-state index contributed by atoms with van der Waals surface area (Å²) in [6, 6.07) is 16.1. The van der Waals surface area contributed by atoms with Gasteiger partial charge in [0.15, 0.2) is 0 Å². The van der Waals surface area contributed by atoms with E-state index in [0.29, 0.717) is 5.69 Å². The van der Waals surface area contributed by atoms with Crippen molar-refractivity contribution in [3.63, 3.8) is 0 Å². The van der Waals surface area contributed by atoms with E-state index in [0.717, 1.165) is 22.3 Å². The number of carboxylic acid groups (broad SMARTS) is 1. The van der Waals surface area contributed by atoms with Crippen molar-refractivity contribution in [3.8, 4) is 11.1 Å². The minimum atomic E-state index is -1.12. The molecular formula is C23H25N3O3. The number of carbonyl (C=O) groups is 1. The van der Waals surface area contributed by atoms with Gasteiger partial charge in [-0.3, -0.25) is 14.4 Å². The molecular weight excluding hydrogens is 366 g/mol. The average Bonchev–Trinajstić information content (AvgIpc) is 3.12. The number of amides is 1. The summed E-state index contributed by atoms with van der Waals surface area (Å²) in [5.41, 5.74) is 5.05. The molecule has 6 nitrogen and oxygen atoms in total. The second-order valence-electron chi connectivity index (χ2n) is 7.82. The molecule has 1 N–H and O–H groups in total. The first-order valence-electron chi connectivity index (χ1n) is 9.79. The van der Waals surface area contributed by atoms with Gasteiger partial charge in [-0.05, 0) is 43.0 Å². The second-order valence-corrected chi connectivity index (χ2v) is 7.82. The Bertz CT molecular complexity index is 1110. The van der Waals surface area contributed by atoms with Crippen molar-refractivity contribution >= 4 is 11.8 Å². The molecule has 0 aliphatic heterocycles. The van der Waals surface area contributed by atoms with Gasteiger partial charge in [0.25, 0.3) is 5.56 Å². The summed E-state index contributed by atoms with van der Waals surface area (Å²) >= 11 is 0. The highest BCUT2D eigenvalue weighted by molar-refractivity contribution is 5.88. The molecule has 0 unspecified atom stereocenters. The summed E-state index contributed by atoms with van der Waals surface area (Å²) in [6.07, 6.45) is -1.12. The molecule has 4 rings (SSSR count). The van der Waals surface area contributed by atoms with Crippen LogP contribution in [0.5, 0.6) is 0 Å². The molecule has 0 bridgehead atoms. The van der Waals surface area contributed by atoms with E-state index in [4.69, 9.17) is 0 Å². The predicted molar refractivity (Wildman–Crippen MR) is 114 cm³/mol. The van der Waals surface area contributed by atoms with Crippen molar-refractivity contribution in [3.05, 3.63) is 75.7 Å². The first-order valence-corrected chi connectivity index (χ1v) is 9.79. The molecule has 3 aromatic rings. The van der Waals surface area contributed by atoms with Crippen LogP contribution in [0.1, 0.15) is 42.6 Å². The van der Waals surface area contributed by atoms with E-state index < -0.39 is 6.09 Å². The highest BCUT2D eigenvalue weighted by Gasteiger charge is 2.34. The molecule has 0 spiro atoms. The lowest BCUT2D eigenvalue weighted by molar-refractivity contribution is 0.201. The number of rotatable bonds is 4. The Labute approximate surface area is 169 Å². The summed E-state index contributed by atoms with van der Waals surface area (Å²) in [6.45, 7) is 5.82. The van der Waals surface area contributed by atoms with E-state index in [-0.39, 0.29) is 29.8 Å². The summed E-state index contributed by atoms with van der Waals surface area (Å²) in [7, 11) is 1.79. The number of hydrogen-bond donors (Lipinski definition) is 1. The van der Waals surface area contributed by atoms with Gasteiger partial charge in [0.2, 0.25) is 0 Å². The Hall–Kier alpha value is -3.28. The average molecular weight is 391 g/mol. The first kappa shape index (κ1) is 19.1. The van der Waals surface area contributed by atoms with Crippen LogP contribution in [0.3, 0.4) is 0 Å². The van der Waals surface area contributed by atoms with Gasteiger partial charge in [0.05, 0.1) is 5.69 Å². The second kappa shape index (κ2) is 6.95. The van der Waals surface area contributed by atoms with Gasteiger partial charge in [-0.2, -0.15) is 0 Å². The third kappa shape index (κ3) is 2.87. The molecule has 29 heavy (non-hydrogen) atoms. The van der Waals surface area contributed by atoms with Gasteiger partial charge in [-0.25, -0.2) is 9.48 Å². The molecule has 1 amide bonds. The van der Waals surface area contributed by atoms with Crippen molar-refractivity contribution in [1.29, 1.82) is 0 Å². The first-order chi connectivity index (χ1) is 13.8. The molecule has 0 saturated heterocycles. The molecule has 0 fully saturated rings. The molecule has 2 aromatic carbocycles. The van der Waals surface area contributed by atoms with Crippen LogP contribution in [-0.4, -0.2) is 27.1 Å². The van der Waals surface area contributed by atoms with Crippen LogP contribution in [0.2, 0.25) is 0 Å². The molecule has 1 aliphatic rings. The molecule has 1 heterocycles. The minimum absolute atomic E-state index is 0.0662. The van der Waals surface area contributed by atoms with E-state index in [2.05, 4.69) is 12.1 Å². The normalized spacial score (nSPS) is 12.9. The maximum Gasteiger partial charge on any atom is 0.412 e. The van der Waals surface area contributed by atoms with Crippen LogP contribution in [-0.2, 0) is 7.05 Å². The lowest BCUT2D eigenvalue weighted by Gasteiger charge is -2.23. The van der Waals surface area contributed by atoms with E-state index in [1.54, 1.807) is 23.3 Å². The van der Waals surface area contributed by atoms with Crippen molar-refractivity contribution in [2.45, 2.75) is 32.7 Å². The van der Waals surface area contributed by atoms with E-state index >= 15 is 0 Å². The smallest absolute Gasteiger partial charge is 0.412 e. The zero-order chi connectivity index (χ0) is 20.9. The van der Waals surface area contributed by atoms with E-state index in [9.17, 15) is 14.7 Å². The molecule has 0 atom stereocenters. The Kier molecular flexibility index (Phi) is 4.57. The largest absolute Gasteiger partial charge is 0.465 e. The summed E-state index contributed by atoms with van der Waals surface area (Å²) < 4.78 is 3.34. The number of aromatic nitrogens is 2. The molecule has 0 saturated carbocycles. The van der Waals surface area contributed by atoms with Crippen LogP contribution in [0, 0.1) is 6.92 Å². The SMILES string of the molecule is Cc1c(N(CC2c3ccccc3-c3ccccc32)C(=O)O)c(=O)n(C(C)C)n1C. The molecule has 0 radical (unpaired) electrons. The zero-order valence-corrected chi connectivity index (χ0v) is 17.1. The minimum Gasteiger partial charge on any atom is -0.465 e. The summed E-state index contributed by atoms with van der Waals surface area (Å²) in [4.78, 5) is 26.6. The van der Waals surface area contributed by atoms with Gasteiger partial charge in [0.1, 0.15) is 5.69 Å². The predicted octanol–water partition coefficient (Wildman–Crippen LogP) is 4.37. The number of hydrogen-bond acceptors (Lipinski definition) is 2. The van der Waals surface area contributed by atoms with Crippen molar-refractivity contribution < 1.29 is 9.90 Å². The number of nitrogens with zero attached hydrogens (tertiary/aromatic N) is 3. The maximum atomic E-state index is 13.1. The van der Waals surface area contributed by atoms with Crippen LogP contribution in [0.25, 0.3) is 11.1 Å². The monoisotopic (exact) mass is 391 g/mol. The fraction of sp³-hybridized carbons (Fsp3) is 0.304. The highest BCUT2D eigenvalue weighted by Crippen LogP contribution is 2.45. The molecule has 1 aromatic heterocycles. The number of anilines is 1. The molecule has 1 aliphatic carbocycles. The van der Waals surface area contributed by atoms with Crippen LogP contribution < -0.4 is 10.5 Å². The number of benzene rings is 2. The van der Waals surface area contributed by atoms with Crippen molar-refractivity contribution in [2.24, 2.45) is 7.05 Å². The summed E-state index contributed by atoms with van der Waals surface area (Å²) in [5.74, 6) is -0.120.